The van der Waals surface area contributed by atoms with Crippen LogP contribution in [0.3, 0.4) is 0 Å². The van der Waals surface area contributed by atoms with Crippen molar-refractivity contribution in [3.8, 4) is 6.07 Å². The fraction of sp³-hybridized carbons (Fsp3) is 0.100. The topological polar surface area (TPSA) is 87.1 Å². The Morgan fingerprint density at radius 3 is 3.07 bits per heavy atom. The number of benzene rings is 1. The summed E-state index contributed by atoms with van der Waals surface area (Å²) in [5.74, 6) is -0.852. The van der Waals surface area contributed by atoms with Crippen LogP contribution in [0.5, 0.6) is 0 Å². The number of hydrogen-bond donors (Lipinski definition) is 1. The number of carboxylic acids is 1. The van der Waals surface area contributed by atoms with Crippen LogP contribution in [0.1, 0.15) is 11.5 Å². The van der Waals surface area contributed by atoms with Crippen molar-refractivity contribution < 1.29 is 14.3 Å². The highest BCUT2D eigenvalue weighted by Gasteiger charge is 2.09. The quantitative estimate of drug-likeness (QED) is 0.793. The number of hydrogen-bond acceptors (Lipinski definition) is 4. The van der Waals surface area contributed by atoms with Crippen molar-refractivity contribution in [1.29, 1.82) is 5.26 Å². The molecule has 0 unspecified atom stereocenters. The Balaban J connectivity index is 2.47. The zero-order chi connectivity index (χ0) is 10.8. The van der Waals surface area contributed by atoms with Gasteiger partial charge in [-0.2, -0.15) is 5.26 Å². The molecule has 0 aliphatic rings. The molecule has 1 aromatic heterocycles. The largest absolute Gasteiger partial charge is 0.481 e. The first-order valence-corrected chi connectivity index (χ1v) is 4.20. The molecule has 0 aliphatic carbocycles. The van der Waals surface area contributed by atoms with E-state index in [0.717, 1.165) is 0 Å². The number of nitriles is 1. The lowest BCUT2D eigenvalue weighted by molar-refractivity contribution is -0.136. The fourth-order valence-corrected chi connectivity index (χ4v) is 1.25. The number of oxazole rings is 1. The predicted molar refractivity (Wildman–Crippen MR) is 50.1 cm³/mol. The van der Waals surface area contributed by atoms with Gasteiger partial charge in [0.2, 0.25) is 5.89 Å². The summed E-state index contributed by atoms with van der Waals surface area (Å²) in [6.07, 6.45) is -0.253. The van der Waals surface area contributed by atoms with Gasteiger partial charge in [0.25, 0.3) is 0 Å². The normalized spacial score (nSPS) is 10.1. The Kier molecular flexibility index (Phi) is 2.10. The van der Waals surface area contributed by atoms with Crippen LogP contribution in [-0.4, -0.2) is 16.1 Å². The van der Waals surface area contributed by atoms with Gasteiger partial charge in [0.15, 0.2) is 5.58 Å². The number of carbonyl (C=O) groups is 1. The van der Waals surface area contributed by atoms with E-state index in [1.54, 1.807) is 12.1 Å². The van der Waals surface area contributed by atoms with Gasteiger partial charge < -0.3 is 9.52 Å². The minimum atomic E-state index is -0.998. The second-order valence-corrected chi connectivity index (χ2v) is 2.97. The van der Waals surface area contributed by atoms with Gasteiger partial charge in [0.1, 0.15) is 11.9 Å². The third-order valence-electron chi connectivity index (χ3n) is 1.86. The van der Waals surface area contributed by atoms with Crippen LogP contribution in [-0.2, 0) is 11.2 Å². The Morgan fingerprint density at radius 1 is 1.60 bits per heavy atom. The average molecular weight is 202 g/mol. The lowest BCUT2D eigenvalue weighted by Gasteiger charge is -1.86. The maximum atomic E-state index is 10.4. The minimum absolute atomic E-state index is 0.146. The summed E-state index contributed by atoms with van der Waals surface area (Å²) >= 11 is 0. The van der Waals surface area contributed by atoms with Crippen LogP contribution in [0.4, 0.5) is 0 Å². The third kappa shape index (κ3) is 1.79. The van der Waals surface area contributed by atoms with Crippen LogP contribution in [0.2, 0.25) is 0 Å². The SMILES string of the molecule is N#Cc1ccc2nc(CC(=O)O)oc2c1. The van der Waals surface area contributed by atoms with E-state index >= 15 is 0 Å². The summed E-state index contributed by atoms with van der Waals surface area (Å²) in [5.41, 5.74) is 1.45. The number of nitrogens with zero attached hydrogens (tertiary/aromatic N) is 2. The summed E-state index contributed by atoms with van der Waals surface area (Å²) in [6.45, 7) is 0. The maximum Gasteiger partial charge on any atom is 0.312 e. The standard InChI is InChI=1S/C10H6N2O3/c11-5-6-1-2-7-8(3-6)15-9(12-7)4-10(13)14/h1-3H,4H2,(H,13,14). The Hall–Kier alpha value is -2.35. The maximum absolute atomic E-state index is 10.4. The molecule has 0 bridgehead atoms. The Morgan fingerprint density at radius 2 is 2.40 bits per heavy atom. The van der Waals surface area contributed by atoms with Crippen LogP contribution in [0.15, 0.2) is 22.6 Å². The van der Waals surface area contributed by atoms with Crippen LogP contribution >= 0.6 is 0 Å². The summed E-state index contributed by atoms with van der Waals surface area (Å²) in [5, 5.41) is 17.2. The molecule has 15 heavy (non-hydrogen) atoms. The highest BCUT2D eigenvalue weighted by Crippen LogP contribution is 2.17. The molecule has 0 spiro atoms. The molecule has 5 heteroatoms. The second-order valence-electron chi connectivity index (χ2n) is 2.97. The van der Waals surface area contributed by atoms with Crippen molar-refractivity contribution in [3.63, 3.8) is 0 Å². The molecule has 2 aromatic rings. The van der Waals surface area contributed by atoms with Gasteiger partial charge in [-0.1, -0.05) is 0 Å². The van der Waals surface area contributed by atoms with Gasteiger partial charge in [0, 0.05) is 6.07 Å². The van der Waals surface area contributed by atoms with Crippen molar-refractivity contribution in [1.82, 2.24) is 4.98 Å². The predicted octanol–water partition coefficient (Wildman–Crippen LogP) is 1.33. The lowest BCUT2D eigenvalue weighted by Crippen LogP contribution is -1.99. The van der Waals surface area contributed by atoms with E-state index in [0.29, 0.717) is 16.7 Å². The third-order valence-corrected chi connectivity index (χ3v) is 1.86. The van der Waals surface area contributed by atoms with Crippen molar-refractivity contribution in [2.45, 2.75) is 6.42 Å². The zero-order valence-corrected chi connectivity index (χ0v) is 7.60. The first kappa shape index (κ1) is 9.21. The summed E-state index contributed by atoms with van der Waals surface area (Å²) in [6, 6.07) is 6.73. The molecule has 5 nitrogen and oxygen atoms in total. The molecule has 0 saturated heterocycles. The van der Waals surface area contributed by atoms with E-state index < -0.39 is 5.97 Å². The zero-order valence-electron chi connectivity index (χ0n) is 7.60. The smallest absolute Gasteiger partial charge is 0.312 e. The van der Waals surface area contributed by atoms with Crippen molar-refractivity contribution >= 4 is 17.1 Å². The van der Waals surface area contributed by atoms with Crippen molar-refractivity contribution in [2.24, 2.45) is 0 Å². The summed E-state index contributed by atoms with van der Waals surface area (Å²) in [7, 11) is 0. The van der Waals surface area contributed by atoms with Gasteiger partial charge in [-0.15, -0.1) is 0 Å². The van der Waals surface area contributed by atoms with Crippen LogP contribution in [0.25, 0.3) is 11.1 Å². The van der Waals surface area contributed by atoms with E-state index in [2.05, 4.69) is 4.98 Å². The Bertz CT molecular complexity index is 566. The molecule has 1 aromatic carbocycles. The van der Waals surface area contributed by atoms with Gasteiger partial charge in [0.05, 0.1) is 11.6 Å². The lowest BCUT2D eigenvalue weighted by atomic mass is 10.2. The molecule has 0 radical (unpaired) electrons. The number of aliphatic carboxylic acids is 1. The molecule has 1 N–H and O–H groups in total. The summed E-state index contributed by atoms with van der Waals surface area (Å²) in [4.78, 5) is 14.4. The monoisotopic (exact) mass is 202 g/mol. The first-order chi connectivity index (χ1) is 7.19. The molecule has 2 rings (SSSR count). The molecule has 1 heterocycles. The molecule has 0 atom stereocenters. The van der Waals surface area contributed by atoms with E-state index in [9.17, 15) is 4.79 Å². The first-order valence-electron chi connectivity index (χ1n) is 4.20. The van der Waals surface area contributed by atoms with E-state index in [-0.39, 0.29) is 12.3 Å². The average Bonchev–Trinajstić information content (AvgIpc) is 2.57. The molecule has 74 valence electrons. The highest BCUT2D eigenvalue weighted by atomic mass is 16.4. The second kappa shape index (κ2) is 3.42. The van der Waals surface area contributed by atoms with Gasteiger partial charge in [-0.3, -0.25) is 4.79 Å². The van der Waals surface area contributed by atoms with Gasteiger partial charge >= 0.3 is 5.97 Å². The van der Waals surface area contributed by atoms with Gasteiger partial charge in [-0.05, 0) is 12.1 Å². The molecule has 0 fully saturated rings. The Labute approximate surface area is 84.6 Å². The molecular formula is C10H6N2O3. The van der Waals surface area contributed by atoms with Gasteiger partial charge in [-0.25, -0.2) is 4.98 Å². The highest BCUT2D eigenvalue weighted by molar-refractivity contribution is 5.76. The molecule has 0 saturated carbocycles. The number of aromatic nitrogens is 1. The van der Waals surface area contributed by atoms with Crippen LogP contribution in [0, 0.1) is 11.3 Å². The van der Waals surface area contributed by atoms with E-state index in [4.69, 9.17) is 14.8 Å². The minimum Gasteiger partial charge on any atom is -0.481 e. The summed E-state index contributed by atoms with van der Waals surface area (Å²) < 4.78 is 5.18. The molecule has 0 amide bonds. The number of rotatable bonds is 2. The van der Waals surface area contributed by atoms with E-state index in [1.807, 2.05) is 6.07 Å². The van der Waals surface area contributed by atoms with Crippen molar-refractivity contribution in [3.05, 3.63) is 29.7 Å². The molecular weight excluding hydrogens is 196 g/mol. The van der Waals surface area contributed by atoms with Crippen LogP contribution < -0.4 is 0 Å². The molecule has 0 aliphatic heterocycles. The van der Waals surface area contributed by atoms with Crippen molar-refractivity contribution in [2.75, 3.05) is 0 Å². The van der Waals surface area contributed by atoms with E-state index in [1.165, 1.54) is 6.07 Å². The number of fused-ring (bicyclic) bond motifs is 1. The fourth-order valence-electron chi connectivity index (χ4n) is 1.25. The number of carboxylic acid groups (broad SMARTS) is 1.